The molecule has 0 unspecified atom stereocenters. The summed E-state index contributed by atoms with van der Waals surface area (Å²) in [7, 11) is 3.21. The molecule has 47 heavy (non-hydrogen) atoms. The van der Waals surface area contributed by atoms with Crippen molar-refractivity contribution in [1.82, 2.24) is 9.80 Å². The van der Waals surface area contributed by atoms with E-state index in [0.717, 1.165) is 57.1 Å². The van der Waals surface area contributed by atoms with Crippen molar-refractivity contribution >= 4 is 57.8 Å². The van der Waals surface area contributed by atoms with E-state index in [1.807, 2.05) is 36.1 Å². The van der Waals surface area contributed by atoms with E-state index in [9.17, 15) is 9.59 Å². The number of nitrogens with one attached hydrogen (secondary N) is 1. The lowest BCUT2D eigenvalue weighted by Gasteiger charge is -2.36. The number of carbonyl (C=O) groups excluding carboxylic acids is 2. The van der Waals surface area contributed by atoms with E-state index >= 15 is 0 Å². The van der Waals surface area contributed by atoms with Crippen LogP contribution < -0.4 is 29.3 Å². The third-order valence-electron chi connectivity index (χ3n) is 8.39. The first-order valence-electron chi connectivity index (χ1n) is 15.9. The average molecular weight is 680 g/mol. The van der Waals surface area contributed by atoms with E-state index in [1.54, 1.807) is 37.4 Å². The number of thiocarbonyl (C=S) groups is 1. The SMILES string of the molecule is CCCOc1ccc(NC(=O)C[C@H]2C(=O)N(c3ccc(OC)c(Cl)c3)C(=S)N2CCCN2CCN(c3ccc(OC)cc3)CC2)cc1. The van der Waals surface area contributed by atoms with Gasteiger partial charge < -0.3 is 29.3 Å². The summed E-state index contributed by atoms with van der Waals surface area (Å²) in [6.45, 7) is 7.76. The van der Waals surface area contributed by atoms with Crippen LogP contribution in [0.2, 0.25) is 5.02 Å². The van der Waals surface area contributed by atoms with Gasteiger partial charge in [0.1, 0.15) is 23.3 Å². The van der Waals surface area contributed by atoms with E-state index in [-0.39, 0.29) is 18.2 Å². The first-order chi connectivity index (χ1) is 22.8. The molecule has 250 valence electrons. The molecule has 0 bridgehead atoms. The van der Waals surface area contributed by atoms with Crippen molar-refractivity contribution in [3.05, 3.63) is 71.8 Å². The number of hydrogen-bond acceptors (Lipinski definition) is 8. The van der Waals surface area contributed by atoms with Crippen LogP contribution in [0.25, 0.3) is 0 Å². The minimum Gasteiger partial charge on any atom is -0.497 e. The van der Waals surface area contributed by atoms with Crippen LogP contribution in [0.3, 0.4) is 0 Å². The van der Waals surface area contributed by atoms with E-state index in [2.05, 4.69) is 27.2 Å². The van der Waals surface area contributed by atoms with Gasteiger partial charge in [-0.2, -0.15) is 0 Å². The van der Waals surface area contributed by atoms with E-state index in [4.69, 9.17) is 38.0 Å². The maximum absolute atomic E-state index is 13.9. The molecule has 0 aromatic heterocycles. The summed E-state index contributed by atoms with van der Waals surface area (Å²) in [5, 5.41) is 3.65. The van der Waals surface area contributed by atoms with Gasteiger partial charge in [0, 0.05) is 44.1 Å². The fraction of sp³-hybridized carbons (Fsp3) is 0.400. The largest absolute Gasteiger partial charge is 0.497 e. The molecule has 3 aromatic rings. The quantitative estimate of drug-likeness (QED) is 0.216. The summed E-state index contributed by atoms with van der Waals surface area (Å²) in [5.74, 6) is 1.55. The van der Waals surface area contributed by atoms with E-state index in [1.165, 1.54) is 17.7 Å². The summed E-state index contributed by atoms with van der Waals surface area (Å²) >= 11 is 12.3. The molecule has 2 aliphatic rings. The highest BCUT2D eigenvalue weighted by molar-refractivity contribution is 7.80. The number of hydrogen-bond donors (Lipinski definition) is 1. The van der Waals surface area contributed by atoms with Crippen LogP contribution in [0.15, 0.2) is 66.7 Å². The molecule has 2 heterocycles. The fourth-order valence-electron chi connectivity index (χ4n) is 5.85. The van der Waals surface area contributed by atoms with Crippen molar-refractivity contribution in [2.75, 3.05) is 75.2 Å². The Hall–Kier alpha value is -4.06. The van der Waals surface area contributed by atoms with Gasteiger partial charge in [0.05, 0.1) is 38.0 Å². The van der Waals surface area contributed by atoms with Gasteiger partial charge in [0.2, 0.25) is 5.91 Å². The predicted molar refractivity (Wildman–Crippen MR) is 190 cm³/mol. The zero-order valence-corrected chi connectivity index (χ0v) is 28.7. The Balaban J connectivity index is 1.22. The highest BCUT2D eigenvalue weighted by atomic mass is 35.5. The van der Waals surface area contributed by atoms with Crippen LogP contribution in [-0.4, -0.2) is 92.9 Å². The van der Waals surface area contributed by atoms with Crippen LogP contribution in [0.5, 0.6) is 17.2 Å². The zero-order chi connectivity index (χ0) is 33.3. The number of halogens is 1. The molecule has 2 saturated heterocycles. The van der Waals surface area contributed by atoms with Crippen LogP contribution >= 0.6 is 23.8 Å². The molecule has 2 fully saturated rings. The number of nitrogens with zero attached hydrogens (tertiary/aromatic N) is 4. The summed E-state index contributed by atoms with van der Waals surface area (Å²) in [6, 6.07) is 19.8. The molecule has 2 amide bonds. The molecule has 2 aliphatic heterocycles. The molecule has 5 rings (SSSR count). The van der Waals surface area contributed by atoms with Crippen LogP contribution in [-0.2, 0) is 9.59 Å². The Morgan fingerprint density at radius 2 is 1.60 bits per heavy atom. The fourth-order valence-corrected chi connectivity index (χ4v) is 6.51. The summed E-state index contributed by atoms with van der Waals surface area (Å²) in [4.78, 5) is 35.3. The van der Waals surface area contributed by atoms with E-state index < -0.39 is 6.04 Å². The molecule has 1 atom stereocenters. The minimum absolute atomic E-state index is 0.0476. The number of methoxy groups -OCH3 is 2. The highest BCUT2D eigenvalue weighted by Crippen LogP contribution is 2.33. The van der Waals surface area contributed by atoms with Gasteiger partial charge in [-0.25, -0.2) is 0 Å². The lowest BCUT2D eigenvalue weighted by atomic mass is 10.1. The van der Waals surface area contributed by atoms with Gasteiger partial charge in [0.15, 0.2) is 5.11 Å². The molecule has 1 N–H and O–H groups in total. The zero-order valence-electron chi connectivity index (χ0n) is 27.1. The molecular weight excluding hydrogens is 638 g/mol. The maximum Gasteiger partial charge on any atom is 0.256 e. The van der Waals surface area contributed by atoms with Gasteiger partial charge in [-0.05, 0) is 98.3 Å². The van der Waals surface area contributed by atoms with E-state index in [0.29, 0.717) is 40.4 Å². The number of amides is 2. The number of carbonyl (C=O) groups is 2. The molecule has 3 aromatic carbocycles. The first kappa shape index (κ1) is 34.3. The summed E-state index contributed by atoms with van der Waals surface area (Å²) in [5.41, 5.74) is 2.36. The average Bonchev–Trinajstić information content (AvgIpc) is 3.32. The molecule has 0 radical (unpaired) electrons. The summed E-state index contributed by atoms with van der Waals surface area (Å²) < 4.78 is 16.2. The lowest BCUT2D eigenvalue weighted by Crippen LogP contribution is -2.47. The molecule has 10 nitrogen and oxygen atoms in total. The van der Waals surface area contributed by atoms with Crippen molar-refractivity contribution in [3.63, 3.8) is 0 Å². The number of rotatable bonds is 14. The molecule has 0 spiro atoms. The van der Waals surface area contributed by atoms with Gasteiger partial charge in [0.25, 0.3) is 5.91 Å². The Morgan fingerprint density at radius 1 is 0.915 bits per heavy atom. The van der Waals surface area contributed by atoms with Crippen LogP contribution in [0.4, 0.5) is 17.1 Å². The Kier molecular flexibility index (Phi) is 11.8. The number of benzene rings is 3. The minimum atomic E-state index is -0.748. The third-order valence-corrected chi connectivity index (χ3v) is 9.10. The second-order valence-corrected chi connectivity index (χ2v) is 12.3. The van der Waals surface area contributed by atoms with Crippen molar-refractivity contribution in [3.8, 4) is 17.2 Å². The van der Waals surface area contributed by atoms with Crippen molar-refractivity contribution in [2.24, 2.45) is 0 Å². The normalized spacial score (nSPS) is 16.9. The van der Waals surface area contributed by atoms with Crippen molar-refractivity contribution < 1.29 is 23.8 Å². The first-order valence-corrected chi connectivity index (χ1v) is 16.7. The second-order valence-electron chi connectivity index (χ2n) is 11.5. The topological polar surface area (TPSA) is 86.8 Å². The van der Waals surface area contributed by atoms with Crippen molar-refractivity contribution in [2.45, 2.75) is 32.2 Å². The van der Waals surface area contributed by atoms with Gasteiger partial charge >= 0.3 is 0 Å². The Bertz CT molecular complexity index is 1530. The van der Waals surface area contributed by atoms with Gasteiger partial charge in [-0.3, -0.25) is 19.4 Å². The smallest absolute Gasteiger partial charge is 0.256 e. The van der Waals surface area contributed by atoms with Gasteiger partial charge in [-0.15, -0.1) is 0 Å². The third kappa shape index (κ3) is 8.46. The predicted octanol–water partition coefficient (Wildman–Crippen LogP) is 5.69. The highest BCUT2D eigenvalue weighted by Gasteiger charge is 2.44. The Morgan fingerprint density at radius 3 is 2.23 bits per heavy atom. The molecule has 0 saturated carbocycles. The monoisotopic (exact) mass is 679 g/mol. The number of piperazine rings is 1. The van der Waals surface area contributed by atoms with Gasteiger partial charge in [-0.1, -0.05) is 18.5 Å². The number of ether oxygens (including phenoxy) is 3. The lowest BCUT2D eigenvalue weighted by molar-refractivity contribution is -0.124. The molecular formula is C35H42ClN5O5S. The van der Waals surface area contributed by atoms with Crippen LogP contribution in [0.1, 0.15) is 26.2 Å². The standard InChI is InChI=1S/C35H42ClN5O5S/c1-4-22-46-29-11-6-25(7-12-29)37-33(42)24-31-34(43)41(27-10-15-32(45-3)30(36)23-27)35(47)40(31)17-5-16-38-18-20-39(21-19-38)26-8-13-28(44-2)14-9-26/h6-15,23,31H,4-5,16-22,24H2,1-3H3,(H,37,42)/t31-/m0/s1. The maximum atomic E-state index is 13.9. The number of anilines is 3. The molecule has 0 aliphatic carbocycles. The molecule has 12 heteroatoms. The second kappa shape index (κ2) is 16.2. The summed E-state index contributed by atoms with van der Waals surface area (Å²) in [6.07, 6.45) is 1.64. The van der Waals surface area contributed by atoms with Crippen molar-refractivity contribution in [1.29, 1.82) is 0 Å². The Labute approximate surface area is 287 Å². The van der Waals surface area contributed by atoms with Crippen LogP contribution in [0, 0.1) is 0 Å².